The molecule has 1 aliphatic rings. The molecule has 0 fully saturated rings. The van der Waals surface area contributed by atoms with Crippen LogP contribution in [0.25, 0.3) is 6.08 Å². The minimum atomic E-state index is -0.671. The van der Waals surface area contributed by atoms with Crippen molar-refractivity contribution < 1.29 is 24.0 Å². The van der Waals surface area contributed by atoms with Crippen molar-refractivity contribution in [2.24, 2.45) is 0 Å². The van der Waals surface area contributed by atoms with E-state index in [0.29, 0.717) is 5.70 Å². The van der Waals surface area contributed by atoms with Gasteiger partial charge in [0.2, 0.25) is 0 Å². The highest BCUT2D eigenvalue weighted by Crippen LogP contribution is 2.33. The molecule has 8 heteroatoms. The molecule has 1 aromatic carbocycles. The normalized spacial score (nSPS) is 15.9. The molecular weight excluding hydrogens is 328 g/mol. The molecule has 0 spiro atoms. The third kappa shape index (κ3) is 3.58. The number of nitro groups is 1. The van der Waals surface area contributed by atoms with Crippen LogP contribution in [0.15, 0.2) is 41.1 Å². The lowest BCUT2D eigenvalue weighted by atomic mass is 10.0. The first-order valence-corrected chi connectivity index (χ1v) is 7.47. The molecule has 0 aliphatic carbocycles. The van der Waals surface area contributed by atoms with Gasteiger partial charge in [-0.1, -0.05) is 12.1 Å². The van der Waals surface area contributed by atoms with Gasteiger partial charge in [0.15, 0.2) is 0 Å². The number of nitrogens with zero attached hydrogens (tertiary/aromatic N) is 2. The van der Waals surface area contributed by atoms with E-state index in [1.54, 1.807) is 13.0 Å². The van der Waals surface area contributed by atoms with Gasteiger partial charge in [0.1, 0.15) is 0 Å². The summed E-state index contributed by atoms with van der Waals surface area (Å²) in [6, 6.07) is 6.00. The first-order chi connectivity index (χ1) is 11.9. The lowest BCUT2D eigenvalue weighted by Crippen LogP contribution is -2.28. The zero-order chi connectivity index (χ0) is 18.6. The predicted octanol–water partition coefficient (Wildman–Crippen LogP) is 1.91. The number of benzene rings is 1. The predicted molar refractivity (Wildman–Crippen MR) is 89.4 cm³/mol. The highest BCUT2D eigenvalue weighted by atomic mass is 16.6. The Morgan fingerprint density at radius 3 is 2.60 bits per heavy atom. The van der Waals surface area contributed by atoms with Crippen LogP contribution in [-0.4, -0.2) is 49.1 Å². The maximum absolute atomic E-state index is 12.7. The van der Waals surface area contributed by atoms with Crippen LogP contribution < -0.4 is 0 Å². The van der Waals surface area contributed by atoms with Crippen molar-refractivity contribution in [3.05, 3.63) is 56.8 Å². The molecule has 1 aromatic rings. The second kappa shape index (κ2) is 7.71. The second-order valence-corrected chi connectivity index (χ2v) is 5.28. The van der Waals surface area contributed by atoms with Gasteiger partial charge in [0.25, 0.3) is 11.6 Å². The number of carbonyl (C=O) groups is 2. The molecule has 0 aromatic heterocycles. The molecule has 132 valence electrons. The summed E-state index contributed by atoms with van der Waals surface area (Å²) in [7, 11) is 2.72. The van der Waals surface area contributed by atoms with E-state index in [4.69, 9.17) is 9.47 Å². The van der Waals surface area contributed by atoms with E-state index >= 15 is 0 Å². The summed E-state index contributed by atoms with van der Waals surface area (Å²) in [5.41, 5.74) is 0.675. The molecule has 8 nitrogen and oxygen atoms in total. The number of hydrogen-bond donors (Lipinski definition) is 0. The molecule has 0 bridgehead atoms. The minimum absolute atomic E-state index is 0.0646. The Labute approximate surface area is 144 Å². The number of carbonyl (C=O) groups excluding carboxylic acids is 2. The zero-order valence-corrected chi connectivity index (χ0v) is 14.1. The minimum Gasteiger partial charge on any atom is -0.465 e. The van der Waals surface area contributed by atoms with Crippen LogP contribution in [0.4, 0.5) is 5.69 Å². The number of ether oxygens (including phenoxy) is 2. The van der Waals surface area contributed by atoms with E-state index in [9.17, 15) is 19.7 Å². The van der Waals surface area contributed by atoms with Gasteiger partial charge in [-0.25, -0.2) is 4.79 Å². The summed E-state index contributed by atoms with van der Waals surface area (Å²) >= 11 is 0. The van der Waals surface area contributed by atoms with Gasteiger partial charge in [-0.2, -0.15) is 0 Å². The number of esters is 1. The molecular formula is C17H18N2O6. The molecule has 0 atom stereocenters. The average molecular weight is 346 g/mol. The Kier molecular flexibility index (Phi) is 5.66. The van der Waals surface area contributed by atoms with Crippen LogP contribution in [0.2, 0.25) is 0 Å². The third-order valence-corrected chi connectivity index (χ3v) is 3.85. The van der Waals surface area contributed by atoms with Crippen molar-refractivity contribution in [2.75, 3.05) is 27.4 Å². The molecule has 1 heterocycles. The van der Waals surface area contributed by atoms with Gasteiger partial charge in [0, 0.05) is 25.4 Å². The quantitative estimate of drug-likeness (QED) is 0.338. The largest absolute Gasteiger partial charge is 0.465 e. The summed E-state index contributed by atoms with van der Waals surface area (Å²) in [4.78, 5) is 36.9. The first-order valence-electron chi connectivity index (χ1n) is 7.47. The molecule has 0 saturated heterocycles. The number of rotatable bonds is 6. The summed E-state index contributed by atoms with van der Waals surface area (Å²) in [6.07, 6.45) is 1.35. The van der Waals surface area contributed by atoms with Gasteiger partial charge in [-0.15, -0.1) is 0 Å². The highest BCUT2D eigenvalue weighted by Gasteiger charge is 2.37. The average Bonchev–Trinajstić information content (AvgIpc) is 2.83. The Balaban J connectivity index is 2.56. The van der Waals surface area contributed by atoms with Crippen molar-refractivity contribution in [3.8, 4) is 0 Å². The van der Waals surface area contributed by atoms with Crippen molar-refractivity contribution in [2.45, 2.75) is 6.92 Å². The van der Waals surface area contributed by atoms with Crippen molar-refractivity contribution in [1.29, 1.82) is 0 Å². The number of methoxy groups -OCH3 is 2. The van der Waals surface area contributed by atoms with Crippen molar-refractivity contribution in [3.63, 3.8) is 0 Å². The smallest absolute Gasteiger partial charge is 0.340 e. The van der Waals surface area contributed by atoms with Crippen LogP contribution in [0.3, 0.4) is 0 Å². The van der Waals surface area contributed by atoms with Crippen LogP contribution in [0.5, 0.6) is 0 Å². The van der Waals surface area contributed by atoms with E-state index in [2.05, 4.69) is 0 Å². The number of para-hydroxylation sites is 1. The number of nitro benzene ring substituents is 1. The van der Waals surface area contributed by atoms with E-state index in [1.165, 1.54) is 43.4 Å². The van der Waals surface area contributed by atoms with E-state index < -0.39 is 16.8 Å². The fourth-order valence-corrected chi connectivity index (χ4v) is 2.61. The third-order valence-electron chi connectivity index (χ3n) is 3.85. The number of amides is 1. The second-order valence-electron chi connectivity index (χ2n) is 5.28. The van der Waals surface area contributed by atoms with Crippen LogP contribution in [0.1, 0.15) is 12.5 Å². The Morgan fingerprint density at radius 2 is 2.00 bits per heavy atom. The molecule has 0 radical (unpaired) electrons. The Hall–Kier alpha value is -3.00. The van der Waals surface area contributed by atoms with Gasteiger partial charge in [-0.3, -0.25) is 14.9 Å². The first kappa shape index (κ1) is 18.3. The molecule has 0 saturated carbocycles. The lowest BCUT2D eigenvalue weighted by molar-refractivity contribution is -0.385. The summed E-state index contributed by atoms with van der Waals surface area (Å²) < 4.78 is 9.75. The van der Waals surface area contributed by atoms with Gasteiger partial charge < -0.3 is 14.4 Å². The number of hydrogen-bond acceptors (Lipinski definition) is 6. The number of allylic oxidation sites excluding steroid dienone is 1. The standard InChI is InChI=1S/C17H18N2O6/c1-11-15(17(21)25-3)13(16(20)18(11)8-9-24-2)10-12-6-4-5-7-14(12)19(22)23/h4-7,10H,8-9H2,1-3H3. The summed E-state index contributed by atoms with van der Waals surface area (Å²) in [6.45, 7) is 2.17. The monoisotopic (exact) mass is 346 g/mol. The molecule has 0 N–H and O–H groups in total. The van der Waals surface area contributed by atoms with E-state index in [-0.39, 0.29) is 35.5 Å². The van der Waals surface area contributed by atoms with Gasteiger partial charge >= 0.3 is 5.97 Å². The Bertz CT molecular complexity index is 781. The van der Waals surface area contributed by atoms with Gasteiger partial charge in [-0.05, 0) is 19.1 Å². The topological polar surface area (TPSA) is 99.0 Å². The van der Waals surface area contributed by atoms with Crippen LogP contribution >= 0.6 is 0 Å². The van der Waals surface area contributed by atoms with Crippen LogP contribution in [-0.2, 0) is 19.1 Å². The Morgan fingerprint density at radius 1 is 1.32 bits per heavy atom. The maximum atomic E-state index is 12.7. The molecule has 1 aliphatic heterocycles. The fourth-order valence-electron chi connectivity index (χ4n) is 2.61. The van der Waals surface area contributed by atoms with Crippen LogP contribution in [0, 0.1) is 10.1 Å². The van der Waals surface area contributed by atoms with Crippen molar-refractivity contribution >= 4 is 23.6 Å². The summed E-state index contributed by atoms with van der Waals surface area (Å²) in [5.74, 6) is -1.09. The zero-order valence-electron chi connectivity index (χ0n) is 14.1. The van der Waals surface area contributed by atoms with Gasteiger partial charge in [0.05, 0.1) is 35.3 Å². The fraction of sp³-hybridized carbons (Fsp3) is 0.294. The van der Waals surface area contributed by atoms with E-state index in [0.717, 1.165) is 0 Å². The maximum Gasteiger partial charge on any atom is 0.340 e. The molecule has 1 amide bonds. The molecule has 25 heavy (non-hydrogen) atoms. The van der Waals surface area contributed by atoms with E-state index in [1.807, 2.05) is 0 Å². The summed E-state index contributed by atoms with van der Waals surface area (Å²) in [5, 5.41) is 11.2. The van der Waals surface area contributed by atoms with Crippen molar-refractivity contribution in [1.82, 2.24) is 4.90 Å². The molecule has 0 unspecified atom stereocenters. The highest BCUT2D eigenvalue weighted by molar-refractivity contribution is 6.16. The lowest BCUT2D eigenvalue weighted by Gasteiger charge is -2.16. The SMILES string of the molecule is COCCN1C(=O)C(=Cc2ccccc2[N+](=O)[O-])C(C(=O)OC)=C1C. The molecule has 2 rings (SSSR count).